The summed E-state index contributed by atoms with van der Waals surface area (Å²) in [6, 6.07) is 0. The van der Waals surface area contributed by atoms with E-state index < -0.39 is 68.2 Å². The van der Waals surface area contributed by atoms with Gasteiger partial charge in [-0.15, -0.1) is 0 Å². The van der Waals surface area contributed by atoms with E-state index in [1.165, 1.54) is 0 Å². The van der Waals surface area contributed by atoms with Crippen molar-refractivity contribution in [2.45, 2.75) is 0 Å². The molecule has 0 saturated carbocycles. The fourth-order valence-electron chi connectivity index (χ4n) is 0. The molecule has 17 heteroatoms. The number of rotatable bonds is 0. The van der Waals surface area contributed by atoms with Crippen molar-refractivity contribution in [2.75, 3.05) is 0 Å². The summed E-state index contributed by atoms with van der Waals surface area (Å²) < 4.78 is 85.3. The van der Waals surface area contributed by atoms with Crippen LogP contribution in [0.5, 0.6) is 0 Å². The Kier molecular flexibility index (Phi) is 128. The molecule has 0 aliphatic carbocycles. The van der Waals surface area contributed by atoms with Gasteiger partial charge in [-0.1, -0.05) is 0 Å². The maximum atomic E-state index is 8.58. The summed E-state index contributed by atoms with van der Waals surface area (Å²) >= 11 is -11.7. The van der Waals surface area contributed by atoms with Crippen molar-refractivity contribution >= 4 is 31.0 Å². The molecule has 0 fully saturated rings. The van der Waals surface area contributed by atoms with Crippen LogP contribution in [0.1, 0.15) is 0 Å². The van der Waals surface area contributed by atoms with E-state index in [1.54, 1.807) is 0 Å². The zero-order valence-electron chi connectivity index (χ0n) is 8.36. The van der Waals surface area contributed by atoms with E-state index in [9.17, 15) is 0 Å². The Labute approximate surface area is 161 Å². The molecule has 0 amide bonds. The smallest absolute Gasteiger partial charge is 2.00 e. The molecule has 0 aromatic carbocycles. The summed E-state index contributed by atoms with van der Waals surface area (Å²) in [5.74, 6) is 0. The monoisotopic (exact) mass is 502 g/mol. The first kappa shape index (κ1) is 42.7. The van der Waals surface area contributed by atoms with Crippen LogP contribution >= 0.6 is 0 Å². The predicted octanol–water partition coefficient (Wildman–Crippen LogP) is -8.38. The molecule has 0 aromatic heterocycles. The second-order valence-corrected chi connectivity index (χ2v) is 2.64. The molecule has 0 unspecified atom stereocenters. The molecule has 10 nitrogen and oxygen atoms in total. The van der Waals surface area contributed by atoms with Crippen molar-refractivity contribution < 1.29 is 133 Å². The number of hydrogen-bond acceptors (Lipinski definition) is 10. The third-order valence-corrected chi connectivity index (χ3v) is 0. The molecule has 0 bridgehead atoms. The van der Waals surface area contributed by atoms with Crippen LogP contribution < -0.4 is 23.1 Å². The summed E-state index contributed by atoms with van der Waals surface area (Å²) in [5, 5.41) is 0. The minimum Gasteiger partial charge on any atom is 2.00 e. The van der Waals surface area contributed by atoms with Gasteiger partial charge < -0.3 is 0 Å². The summed E-state index contributed by atoms with van der Waals surface area (Å²) in [6.45, 7) is 0. The average Bonchev–Trinajstić information content (AvgIpc) is 1.85. The van der Waals surface area contributed by atoms with Crippen LogP contribution in [0, 0.1) is 0 Å². The van der Waals surface area contributed by atoms with E-state index in [-0.39, 0.29) is 58.4 Å². The standard InChI is InChI=1S/2Al.10O.2Ti.3Zn/q;;;;;;6*-1;;;3*+2. The van der Waals surface area contributed by atoms with Crippen molar-refractivity contribution in [1.82, 2.24) is 0 Å². The van der Waals surface area contributed by atoms with E-state index in [0.29, 0.717) is 0 Å². The predicted molar refractivity (Wildman–Crippen MR) is 14.3 cm³/mol. The van der Waals surface area contributed by atoms with Gasteiger partial charge in [0.05, 0.1) is 0 Å². The van der Waals surface area contributed by atoms with Gasteiger partial charge in [0.2, 0.25) is 0 Å². The third kappa shape index (κ3) is 609. The van der Waals surface area contributed by atoms with Gasteiger partial charge >= 0.3 is 164 Å². The van der Waals surface area contributed by atoms with E-state index in [2.05, 4.69) is 0 Å². The molecule has 0 spiro atoms. The Morgan fingerprint density at radius 1 is 0.647 bits per heavy atom. The van der Waals surface area contributed by atoms with Gasteiger partial charge in [-0.3, -0.25) is 0 Å². The van der Waals surface area contributed by atoms with Crippen LogP contribution in [0.4, 0.5) is 0 Å². The first-order chi connectivity index (χ1) is 6.29. The molecular weight excluding hydrogens is 506 g/mol. The molecule has 0 saturated heterocycles. The van der Waals surface area contributed by atoms with E-state index >= 15 is 0 Å². The fourth-order valence-corrected chi connectivity index (χ4v) is 0. The van der Waals surface area contributed by atoms with Crippen molar-refractivity contribution in [1.29, 1.82) is 0 Å². The molecule has 80 valence electrons. The second kappa shape index (κ2) is 50.9. The Balaban J connectivity index is -0.0000000149. The molecule has 0 aromatic rings. The van der Waals surface area contributed by atoms with Crippen LogP contribution in [0.3, 0.4) is 0 Å². The third-order valence-electron chi connectivity index (χ3n) is 0. The molecule has 0 aliphatic rings. The summed E-state index contributed by atoms with van der Waals surface area (Å²) in [5.41, 5.74) is 0. The van der Waals surface area contributed by atoms with Gasteiger partial charge in [0.25, 0.3) is 0 Å². The molecule has 0 rings (SSSR count). The topological polar surface area (TPSA) is 207 Å². The molecule has 0 N–H and O–H groups in total. The fraction of sp³-hybridized carbons (Fsp3) is 0. The molecule has 0 heterocycles. The van der Waals surface area contributed by atoms with Gasteiger partial charge in [0.1, 0.15) is 0 Å². The van der Waals surface area contributed by atoms with Crippen molar-refractivity contribution in [3.8, 4) is 0 Å². The molecule has 0 aliphatic heterocycles. The summed E-state index contributed by atoms with van der Waals surface area (Å²) in [7, 11) is 0. The normalized spacial score (nSPS) is 4.00. The van der Waals surface area contributed by atoms with Crippen LogP contribution in [0.2, 0.25) is 0 Å². The summed E-state index contributed by atoms with van der Waals surface area (Å²) in [6.07, 6.45) is 0. The van der Waals surface area contributed by atoms with E-state index in [1.807, 2.05) is 0 Å². The van der Waals surface area contributed by atoms with Gasteiger partial charge in [0, 0.05) is 0 Å². The molecule has 17 heavy (non-hydrogen) atoms. The molecule has 0 atom stereocenters. The zero-order valence-corrected chi connectivity index (χ0v) is 22.7. The van der Waals surface area contributed by atoms with Gasteiger partial charge in [-0.05, 0) is 0 Å². The Hall–Kier alpha value is 3.00. The molecular formula is Al2O10Ti2Zn3. The van der Waals surface area contributed by atoms with E-state index in [4.69, 9.17) is 37.3 Å². The van der Waals surface area contributed by atoms with Gasteiger partial charge in [-0.25, -0.2) is 0 Å². The Morgan fingerprint density at radius 2 is 0.647 bits per heavy atom. The maximum Gasteiger partial charge on any atom is 2.00 e. The quantitative estimate of drug-likeness (QED) is 0.284. The van der Waals surface area contributed by atoms with E-state index in [0.717, 1.165) is 0 Å². The minimum atomic E-state index is -4.08. The van der Waals surface area contributed by atoms with Crippen molar-refractivity contribution in [3.05, 3.63) is 0 Å². The van der Waals surface area contributed by atoms with Gasteiger partial charge in [0.15, 0.2) is 0 Å². The first-order valence-corrected chi connectivity index (χ1v) is 7.88. The second-order valence-electron chi connectivity index (χ2n) is 0.692. The SMILES string of the molecule is [O]=[Al][O-].[O]=[Al][O-].[O]=[Ti]([O-])[O-].[O]=[Ti]([O-])[O-].[Zn+2].[Zn+2].[Zn+2]. The zero-order chi connectivity index (χ0) is 12.6. The van der Waals surface area contributed by atoms with Crippen molar-refractivity contribution in [3.63, 3.8) is 0 Å². The summed E-state index contributed by atoms with van der Waals surface area (Å²) in [4.78, 5) is 0. The number of hydrogen-bond donors (Lipinski definition) is 0. The maximum absolute atomic E-state index is 8.58. The Bertz CT molecular complexity index is 140. The van der Waals surface area contributed by atoms with Crippen LogP contribution in [0.25, 0.3) is 0 Å². The van der Waals surface area contributed by atoms with Crippen LogP contribution in [0.15, 0.2) is 0 Å². The van der Waals surface area contributed by atoms with Crippen LogP contribution in [-0.2, 0) is 110 Å². The van der Waals surface area contributed by atoms with Gasteiger partial charge in [-0.2, -0.15) is 0 Å². The minimum absolute atomic E-state index is 0. The average molecular weight is 506 g/mol. The molecule has 0 radical (unpaired) electrons. The van der Waals surface area contributed by atoms with Crippen molar-refractivity contribution in [2.24, 2.45) is 0 Å². The largest absolute Gasteiger partial charge is 2.00 e. The van der Waals surface area contributed by atoms with Crippen LogP contribution in [-0.4, -0.2) is 31.0 Å². The first-order valence-electron chi connectivity index (χ1n) is 2.17. The Morgan fingerprint density at radius 3 is 0.647 bits per heavy atom.